The summed E-state index contributed by atoms with van der Waals surface area (Å²) in [6.45, 7) is 2.00. The molecule has 0 aliphatic rings. The Balaban J connectivity index is 1.81. The topological polar surface area (TPSA) is 108 Å². The van der Waals surface area contributed by atoms with Gasteiger partial charge in [-0.2, -0.15) is 0 Å². The summed E-state index contributed by atoms with van der Waals surface area (Å²) in [6.07, 6.45) is 0. The highest BCUT2D eigenvalue weighted by molar-refractivity contribution is 7.14. The molecule has 0 spiro atoms. The molecule has 1 aromatic carbocycles. The zero-order valence-electron chi connectivity index (χ0n) is 12.0. The number of rotatable bonds is 3. The molecule has 2 aromatic heterocycles. The molecule has 8 heteroatoms. The summed E-state index contributed by atoms with van der Waals surface area (Å²) in [4.78, 5) is 43.0. The van der Waals surface area contributed by atoms with E-state index in [4.69, 9.17) is 0 Å². The minimum absolute atomic E-state index is 0.120. The summed E-state index contributed by atoms with van der Waals surface area (Å²) in [5.41, 5.74) is 1.34. The van der Waals surface area contributed by atoms with Crippen molar-refractivity contribution in [3.8, 4) is 11.3 Å². The predicted molar refractivity (Wildman–Crippen MR) is 87.9 cm³/mol. The number of aryl methyl sites for hydroxylation is 1. The van der Waals surface area contributed by atoms with E-state index in [1.807, 2.05) is 41.6 Å². The standard InChI is InChI=1S/C15H12N4O3S/c1-8-2-4-9(5-3-8)11-7-23-15(17-11)19-13(21)10-6-12(20)18-14(22)16-10/h2-7H,1H3,(H,17,19,21)(H2,16,18,20,22). The quantitative estimate of drug-likeness (QED) is 0.680. The molecule has 0 unspecified atom stereocenters. The molecule has 0 radical (unpaired) electrons. The number of nitrogens with one attached hydrogen (secondary N) is 3. The van der Waals surface area contributed by atoms with Crippen molar-refractivity contribution in [3.05, 3.63) is 67.8 Å². The maximum absolute atomic E-state index is 12.0. The third-order valence-electron chi connectivity index (χ3n) is 3.08. The number of hydrogen-bond donors (Lipinski definition) is 3. The molecule has 1 amide bonds. The van der Waals surface area contributed by atoms with E-state index in [-0.39, 0.29) is 5.69 Å². The number of carbonyl (C=O) groups is 1. The van der Waals surface area contributed by atoms with Crippen LogP contribution in [0.25, 0.3) is 11.3 Å². The van der Waals surface area contributed by atoms with Crippen molar-refractivity contribution in [2.45, 2.75) is 6.92 Å². The van der Waals surface area contributed by atoms with E-state index in [2.05, 4.69) is 15.3 Å². The first-order chi connectivity index (χ1) is 11.0. The Bertz CT molecular complexity index is 941. The van der Waals surface area contributed by atoms with Gasteiger partial charge in [0.1, 0.15) is 5.69 Å². The summed E-state index contributed by atoms with van der Waals surface area (Å²) >= 11 is 1.26. The van der Waals surface area contributed by atoms with Crippen LogP contribution in [0.5, 0.6) is 0 Å². The van der Waals surface area contributed by atoms with Crippen molar-refractivity contribution < 1.29 is 4.79 Å². The molecule has 0 bridgehead atoms. The SMILES string of the molecule is Cc1ccc(-c2csc(NC(=O)c3cc(=O)[nH]c(=O)[nH]3)n2)cc1. The lowest BCUT2D eigenvalue weighted by atomic mass is 10.1. The number of amides is 1. The van der Waals surface area contributed by atoms with Gasteiger partial charge in [0.2, 0.25) is 0 Å². The smallest absolute Gasteiger partial charge is 0.303 e. The molecule has 0 aliphatic carbocycles. The molecule has 0 saturated carbocycles. The molecule has 23 heavy (non-hydrogen) atoms. The fourth-order valence-electron chi connectivity index (χ4n) is 1.94. The molecule has 3 aromatic rings. The van der Waals surface area contributed by atoms with E-state index in [1.165, 1.54) is 11.3 Å². The number of aromatic nitrogens is 3. The Kier molecular flexibility index (Phi) is 3.90. The molecule has 3 rings (SSSR count). The van der Waals surface area contributed by atoms with Crippen molar-refractivity contribution in [2.24, 2.45) is 0 Å². The lowest BCUT2D eigenvalue weighted by Gasteiger charge is -2.00. The van der Waals surface area contributed by atoms with Gasteiger partial charge in [-0.1, -0.05) is 29.8 Å². The summed E-state index contributed by atoms with van der Waals surface area (Å²) in [6, 6.07) is 8.88. The van der Waals surface area contributed by atoms with Crippen LogP contribution >= 0.6 is 11.3 Å². The molecule has 3 N–H and O–H groups in total. The van der Waals surface area contributed by atoms with E-state index < -0.39 is 17.2 Å². The Morgan fingerprint density at radius 2 is 1.91 bits per heavy atom. The van der Waals surface area contributed by atoms with Crippen molar-refractivity contribution in [2.75, 3.05) is 5.32 Å². The predicted octanol–water partition coefficient (Wildman–Crippen LogP) is 1.75. The monoisotopic (exact) mass is 328 g/mol. The minimum Gasteiger partial charge on any atom is -0.303 e. The highest BCUT2D eigenvalue weighted by Crippen LogP contribution is 2.25. The summed E-state index contributed by atoms with van der Waals surface area (Å²) in [7, 11) is 0. The molecule has 2 heterocycles. The van der Waals surface area contributed by atoms with Crippen molar-refractivity contribution >= 4 is 22.4 Å². The Morgan fingerprint density at radius 1 is 1.17 bits per heavy atom. The number of benzene rings is 1. The van der Waals surface area contributed by atoms with Crippen LogP contribution in [0.3, 0.4) is 0 Å². The number of aromatic amines is 2. The van der Waals surface area contributed by atoms with Gasteiger partial charge in [0.05, 0.1) is 5.69 Å². The highest BCUT2D eigenvalue weighted by atomic mass is 32.1. The van der Waals surface area contributed by atoms with E-state index in [1.54, 1.807) is 0 Å². The van der Waals surface area contributed by atoms with Gasteiger partial charge in [-0.3, -0.25) is 19.9 Å². The zero-order valence-corrected chi connectivity index (χ0v) is 12.9. The van der Waals surface area contributed by atoms with Gasteiger partial charge in [-0.15, -0.1) is 11.3 Å². The van der Waals surface area contributed by atoms with Crippen LogP contribution in [0.2, 0.25) is 0 Å². The average molecular weight is 328 g/mol. The van der Waals surface area contributed by atoms with Crippen LogP contribution in [-0.4, -0.2) is 20.9 Å². The van der Waals surface area contributed by atoms with Gasteiger partial charge in [0.25, 0.3) is 11.5 Å². The second-order valence-electron chi connectivity index (χ2n) is 4.86. The molecule has 0 fully saturated rings. The van der Waals surface area contributed by atoms with Gasteiger partial charge < -0.3 is 4.98 Å². The Labute approximate surface area is 134 Å². The van der Waals surface area contributed by atoms with Crippen molar-refractivity contribution in [1.29, 1.82) is 0 Å². The Hall–Kier alpha value is -3.00. The maximum Gasteiger partial charge on any atom is 0.326 e. The van der Waals surface area contributed by atoms with E-state index in [9.17, 15) is 14.4 Å². The van der Waals surface area contributed by atoms with Crippen LogP contribution < -0.4 is 16.6 Å². The number of H-pyrrole nitrogens is 2. The second kappa shape index (κ2) is 6.01. The van der Waals surface area contributed by atoms with E-state index >= 15 is 0 Å². The number of hydrogen-bond acceptors (Lipinski definition) is 5. The summed E-state index contributed by atoms with van der Waals surface area (Å²) in [5, 5.41) is 4.76. The van der Waals surface area contributed by atoms with Crippen LogP contribution in [0.15, 0.2) is 45.3 Å². The number of nitrogens with zero attached hydrogens (tertiary/aromatic N) is 1. The fourth-order valence-corrected chi connectivity index (χ4v) is 2.66. The molecular formula is C15H12N4O3S. The molecule has 0 aliphatic heterocycles. The number of thiazole rings is 1. The van der Waals surface area contributed by atoms with E-state index in [0.717, 1.165) is 22.9 Å². The van der Waals surface area contributed by atoms with Gasteiger partial charge in [0.15, 0.2) is 5.13 Å². The molecule has 116 valence electrons. The van der Waals surface area contributed by atoms with Gasteiger partial charge in [0, 0.05) is 17.0 Å². The lowest BCUT2D eigenvalue weighted by Crippen LogP contribution is -2.27. The molecule has 0 saturated heterocycles. The van der Waals surface area contributed by atoms with Crippen LogP contribution in [0, 0.1) is 6.92 Å². The van der Waals surface area contributed by atoms with Crippen molar-refractivity contribution in [1.82, 2.24) is 15.0 Å². The number of carbonyl (C=O) groups excluding carboxylic acids is 1. The first-order valence-electron chi connectivity index (χ1n) is 6.69. The third-order valence-corrected chi connectivity index (χ3v) is 3.83. The second-order valence-corrected chi connectivity index (χ2v) is 5.72. The van der Waals surface area contributed by atoms with E-state index in [0.29, 0.717) is 5.13 Å². The lowest BCUT2D eigenvalue weighted by molar-refractivity contribution is 0.102. The number of anilines is 1. The Morgan fingerprint density at radius 3 is 2.61 bits per heavy atom. The summed E-state index contributed by atoms with van der Waals surface area (Å²) < 4.78 is 0. The third kappa shape index (κ3) is 3.43. The minimum atomic E-state index is -0.734. The summed E-state index contributed by atoms with van der Waals surface area (Å²) in [5.74, 6) is -0.599. The van der Waals surface area contributed by atoms with Gasteiger partial charge in [-0.25, -0.2) is 9.78 Å². The molecule has 7 nitrogen and oxygen atoms in total. The normalized spacial score (nSPS) is 10.5. The largest absolute Gasteiger partial charge is 0.326 e. The fraction of sp³-hybridized carbons (Fsp3) is 0.0667. The first kappa shape index (κ1) is 14.9. The van der Waals surface area contributed by atoms with Gasteiger partial charge in [-0.05, 0) is 6.92 Å². The molecular weight excluding hydrogens is 316 g/mol. The van der Waals surface area contributed by atoms with Gasteiger partial charge >= 0.3 is 5.69 Å². The van der Waals surface area contributed by atoms with Crippen molar-refractivity contribution in [3.63, 3.8) is 0 Å². The first-order valence-corrected chi connectivity index (χ1v) is 7.57. The van der Waals surface area contributed by atoms with Crippen LogP contribution in [0.4, 0.5) is 5.13 Å². The average Bonchev–Trinajstić information content (AvgIpc) is 2.95. The highest BCUT2D eigenvalue weighted by Gasteiger charge is 2.11. The molecule has 0 atom stereocenters. The van der Waals surface area contributed by atoms with Crippen LogP contribution in [0.1, 0.15) is 16.1 Å². The maximum atomic E-state index is 12.0. The zero-order chi connectivity index (χ0) is 16.4. The van der Waals surface area contributed by atoms with Crippen LogP contribution in [-0.2, 0) is 0 Å².